The summed E-state index contributed by atoms with van der Waals surface area (Å²) >= 11 is 6.14. The first-order valence-corrected chi connectivity index (χ1v) is 8.43. The number of hydrogen-bond donors (Lipinski definition) is 2. The number of rotatable bonds is 9. The molecule has 1 fully saturated rings. The van der Waals surface area contributed by atoms with Crippen molar-refractivity contribution in [3.05, 3.63) is 34.9 Å². The van der Waals surface area contributed by atoms with Gasteiger partial charge < -0.3 is 15.4 Å². The summed E-state index contributed by atoms with van der Waals surface area (Å²) in [6.07, 6.45) is 4.57. The van der Waals surface area contributed by atoms with E-state index >= 15 is 0 Å². The Morgan fingerprint density at radius 3 is 2.77 bits per heavy atom. The molecule has 0 radical (unpaired) electrons. The van der Waals surface area contributed by atoms with Gasteiger partial charge in [-0.2, -0.15) is 0 Å². The molecule has 0 aromatic heterocycles. The number of halogens is 1. The first-order chi connectivity index (χ1) is 10.8. The quantitative estimate of drug-likeness (QED) is 0.417. The predicted octanol–water partition coefficient (Wildman–Crippen LogP) is 2.86. The molecule has 5 heteroatoms. The minimum Gasteiger partial charge on any atom is -0.381 e. The fourth-order valence-corrected chi connectivity index (χ4v) is 2.38. The van der Waals surface area contributed by atoms with Gasteiger partial charge in [0.1, 0.15) is 0 Å². The fraction of sp³-hybridized carbons (Fsp3) is 0.588. The van der Waals surface area contributed by atoms with E-state index in [4.69, 9.17) is 16.3 Å². The second-order valence-electron chi connectivity index (χ2n) is 5.64. The summed E-state index contributed by atoms with van der Waals surface area (Å²) < 4.78 is 5.61. The van der Waals surface area contributed by atoms with Crippen LogP contribution in [-0.4, -0.2) is 39.3 Å². The van der Waals surface area contributed by atoms with Crippen LogP contribution in [0.3, 0.4) is 0 Å². The van der Waals surface area contributed by atoms with E-state index in [1.807, 2.05) is 18.2 Å². The van der Waals surface area contributed by atoms with Crippen molar-refractivity contribution in [2.75, 3.05) is 33.4 Å². The fourth-order valence-electron chi connectivity index (χ4n) is 2.15. The van der Waals surface area contributed by atoms with Crippen LogP contribution in [0.5, 0.6) is 0 Å². The largest absolute Gasteiger partial charge is 0.381 e. The SMILES string of the molecule is CN=C(NCCCOCC1CC1)NCCc1ccccc1Cl. The zero-order valence-corrected chi connectivity index (χ0v) is 14.0. The number of ether oxygens (including phenoxy) is 1. The maximum Gasteiger partial charge on any atom is 0.190 e. The van der Waals surface area contributed by atoms with Crippen LogP contribution in [-0.2, 0) is 11.2 Å². The number of nitrogens with one attached hydrogen (secondary N) is 2. The second-order valence-corrected chi connectivity index (χ2v) is 6.05. The highest BCUT2D eigenvalue weighted by atomic mass is 35.5. The maximum absolute atomic E-state index is 6.14. The van der Waals surface area contributed by atoms with Crippen LogP contribution in [0, 0.1) is 5.92 Å². The third kappa shape index (κ3) is 6.67. The average molecular weight is 324 g/mol. The highest BCUT2D eigenvalue weighted by molar-refractivity contribution is 6.31. The van der Waals surface area contributed by atoms with Crippen LogP contribution < -0.4 is 10.6 Å². The van der Waals surface area contributed by atoms with Gasteiger partial charge in [-0.15, -0.1) is 0 Å². The maximum atomic E-state index is 6.14. The summed E-state index contributed by atoms with van der Waals surface area (Å²) in [5.41, 5.74) is 1.15. The molecule has 1 saturated carbocycles. The van der Waals surface area contributed by atoms with Crippen molar-refractivity contribution in [2.24, 2.45) is 10.9 Å². The number of aliphatic imine (C=N–C) groups is 1. The van der Waals surface area contributed by atoms with Crippen molar-refractivity contribution in [1.29, 1.82) is 0 Å². The monoisotopic (exact) mass is 323 g/mol. The number of hydrogen-bond acceptors (Lipinski definition) is 2. The Kier molecular flexibility index (Phi) is 7.54. The van der Waals surface area contributed by atoms with E-state index in [-0.39, 0.29) is 0 Å². The predicted molar refractivity (Wildman–Crippen MR) is 92.7 cm³/mol. The van der Waals surface area contributed by atoms with E-state index in [0.717, 1.165) is 61.6 Å². The van der Waals surface area contributed by atoms with Gasteiger partial charge >= 0.3 is 0 Å². The van der Waals surface area contributed by atoms with Crippen LogP contribution in [0.4, 0.5) is 0 Å². The minimum absolute atomic E-state index is 0.807. The van der Waals surface area contributed by atoms with E-state index in [1.54, 1.807) is 7.05 Å². The molecule has 22 heavy (non-hydrogen) atoms. The third-order valence-electron chi connectivity index (χ3n) is 3.68. The summed E-state index contributed by atoms with van der Waals surface area (Å²) in [6, 6.07) is 7.93. The van der Waals surface area contributed by atoms with E-state index in [1.165, 1.54) is 12.8 Å². The number of nitrogens with zero attached hydrogens (tertiary/aromatic N) is 1. The topological polar surface area (TPSA) is 45.7 Å². The molecule has 1 aromatic rings. The Labute approximate surface area is 138 Å². The van der Waals surface area contributed by atoms with Gasteiger partial charge in [-0.3, -0.25) is 4.99 Å². The third-order valence-corrected chi connectivity index (χ3v) is 4.05. The van der Waals surface area contributed by atoms with Gasteiger partial charge in [-0.1, -0.05) is 29.8 Å². The Hall–Kier alpha value is -1.26. The highest BCUT2D eigenvalue weighted by Gasteiger charge is 2.20. The Morgan fingerprint density at radius 2 is 2.05 bits per heavy atom. The van der Waals surface area contributed by atoms with Gasteiger partial charge in [0.05, 0.1) is 0 Å². The van der Waals surface area contributed by atoms with Gasteiger partial charge in [0.15, 0.2) is 5.96 Å². The zero-order valence-electron chi connectivity index (χ0n) is 13.3. The van der Waals surface area contributed by atoms with Crippen molar-refractivity contribution in [3.8, 4) is 0 Å². The Balaban J connectivity index is 1.53. The van der Waals surface area contributed by atoms with Crippen LogP contribution in [0.15, 0.2) is 29.3 Å². The van der Waals surface area contributed by atoms with Crippen molar-refractivity contribution in [2.45, 2.75) is 25.7 Å². The van der Waals surface area contributed by atoms with Crippen molar-refractivity contribution < 1.29 is 4.74 Å². The normalized spacial score (nSPS) is 14.9. The molecule has 1 aliphatic rings. The van der Waals surface area contributed by atoms with Crippen LogP contribution in [0.1, 0.15) is 24.8 Å². The molecule has 0 aliphatic heterocycles. The molecule has 4 nitrogen and oxygen atoms in total. The Morgan fingerprint density at radius 1 is 1.27 bits per heavy atom. The van der Waals surface area contributed by atoms with Crippen LogP contribution >= 0.6 is 11.6 Å². The summed E-state index contributed by atoms with van der Waals surface area (Å²) in [6.45, 7) is 3.43. The molecule has 122 valence electrons. The lowest BCUT2D eigenvalue weighted by Gasteiger charge is -2.12. The molecule has 0 spiro atoms. The standard InChI is InChI=1S/C17H26ClN3O/c1-19-17(20-10-4-12-22-13-14-7-8-14)21-11-9-15-5-2-3-6-16(15)18/h2-3,5-6,14H,4,7-13H2,1H3,(H2,19,20,21). The molecule has 2 N–H and O–H groups in total. The van der Waals surface area contributed by atoms with E-state index in [0.29, 0.717) is 0 Å². The summed E-state index contributed by atoms with van der Waals surface area (Å²) in [4.78, 5) is 4.22. The Bertz CT molecular complexity index is 475. The molecule has 1 aliphatic carbocycles. The van der Waals surface area contributed by atoms with Gasteiger partial charge in [0, 0.05) is 38.4 Å². The minimum atomic E-state index is 0.807. The summed E-state index contributed by atoms with van der Waals surface area (Å²) in [5.74, 6) is 1.67. The molecule has 0 bridgehead atoms. The van der Waals surface area contributed by atoms with Crippen molar-refractivity contribution in [3.63, 3.8) is 0 Å². The first kappa shape index (κ1) is 17.1. The van der Waals surface area contributed by atoms with Crippen LogP contribution in [0.25, 0.3) is 0 Å². The lowest BCUT2D eigenvalue weighted by Crippen LogP contribution is -2.39. The van der Waals surface area contributed by atoms with Gasteiger partial charge in [-0.25, -0.2) is 0 Å². The van der Waals surface area contributed by atoms with Gasteiger partial charge in [0.25, 0.3) is 0 Å². The number of guanidine groups is 1. The molecule has 1 aromatic carbocycles. The molecule has 0 atom stereocenters. The van der Waals surface area contributed by atoms with E-state index in [9.17, 15) is 0 Å². The summed E-state index contributed by atoms with van der Waals surface area (Å²) in [7, 11) is 1.79. The number of benzene rings is 1. The molecule has 2 rings (SSSR count). The molecular weight excluding hydrogens is 298 g/mol. The smallest absolute Gasteiger partial charge is 0.190 e. The zero-order chi connectivity index (χ0) is 15.6. The summed E-state index contributed by atoms with van der Waals surface area (Å²) in [5, 5.41) is 7.42. The highest BCUT2D eigenvalue weighted by Crippen LogP contribution is 2.28. The molecule has 0 unspecified atom stereocenters. The molecule has 0 heterocycles. The van der Waals surface area contributed by atoms with Crippen LogP contribution in [0.2, 0.25) is 5.02 Å². The van der Waals surface area contributed by atoms with E-state index in [2.05, 4.69) is 21.7 Å². The average Bonchev–Trinajstić information content (AvgIpc) is 3.35. The van der Waals surface area contributed by atoms with Crippen molar-refractivity contribution in [1.82, 2.24) is 10.6 Å². The lowest BCUT2D eigenvalue weighted by atomic mass is 10.1. The van der Waals surface area contributed by atoms with E-state index < -0.39 is 0 Å². The van der Waals surface area contributed by atoms with Gasteiger partial charge in [-0.05, 0) is 43.2 Å². The first-order valence-electron chi connectivity index (χ1n) is 8.05. The lowest BCUT2D eigenvalue weighted by molar-refractivity contribution is 0.123. The molecule has 0 saturated heterocycles. The van der Waals surface area contributed by atoms with Crippen molar-refractivity contribution >= 4 is 17.6 Å². The molecular formula is C17H26ClN3O. The second kappa shape index (κ2) is 9.70. The molecule has 0 amide bonds. The van der Waals surface area contributed by atoms with Gasteiger partial charge in [0.2, 0.25) is 0 Å².